The van der Waals surface area contributed by atoms with Gasteiger partial charge in [0.25, 0.3) is 0 Å². The van der Waals surface area contributed by atoms with Crippen molar-refractivity contribution >= 4 is 29.2 Å². The van der Waals surface area contributed by atoms with Gasteiger partial charge in [0.05, 0.1) is 17.7 Å². The zero-order valence-electron chi connectivity index (χ0n) is 10.3. The molecule has 0 bridgehead atoms. The van der Waals surface area contributed by atoms with Gasteiger partial charge in [0.1, 0.15) is 0 Å². The number of halogens is 1. The smallest absolute Gasteiger partial charge is 0.337 e. The third-order valence-electron chi connectivity index (χ3n) is 2.60. The summed E-state index contributed by atoms with van der Waals surface area (Å²) >= 11 is 5.81. The molecule has 0 aliphatic heterocycles. The third kappa shape index (κ3) is 3.55. The van der Waals surface area contributed by atoms with Crippen molar-refractivity contribution in [3.8, 4) is 0 Å². The summed E-state index contributed by atoms with van der Waals surface area (Å²) in [6.45, 7) is 0. The van der Waals surface area contributed by atoms with Gasteiger partial charge in [0, 0.05) is 17.4 Å². The number of carbonyl (C=O) groups excluding carboxylic acids is 1. The molecule has 1 aromatic heterocycles. The Kier molecular flexibility index (Phi) is 4.32. The summed E-state index contributed by atoms with van der Waals surface area (Å²) in [7, 11) is 0. The van der Waals surface area contributed by atoms with Crippen LogP contribution in [-0.2, 0) is 11.2 Å². The SMILES string of the molecule is O=C(Cc1ccncc1)Nc1cc(Cl)ccc1C(=O)O. The van der Waals surface area contributed by atoms with Crippen molar-refractivity contribution < 1.29 is 14.7 Å². The first kappa shape index (κ1) is 14.0. The van der Waals surface area contributed by atoms with Crippen LogP contribution in [0.5, 0.6) is 0 Å². The Bertz CT molecular complexity index is 644. The number of carboxylic acid groups (broad SMARTS) is 1. The highest BCUT2D eigenvalue weighted by Gasteiger charge is 2.13. The maximum absolute atomic E-state index is 11.9. The van der Waals surface area contributed by atoms with E-state index in [0.29, 0.717) is 5.02 Å². The number of carboxylic acids is 1. The van der Waals surface area contributed by atoms with Gasteiger partial charge in [-0.1, -0.05) is 11.6 Å². The zero-order chi connectivity index (χ0) is 14.5. The van der Waals surface area contributed by atoms with Gasteiger partial charge < -0.3 is 10.4 Å². The van der Waals surface area contributed by atoms with E-state index in [2.05, 4.69) is 10.3 Å². The molecule has 2 aromatic rings. The van der Waals surface area contributed by atoms with Crippen LogP contribution >= 0.6 is 11.6 Å². The van der Waals surface area contributed by atoms with Crippen LogP contribution in [0.3, 0.4) is 0 Å². The van der Waals surface area contributed by atoms with E-state index in [4.69, 9.17) is 16.7 Å². The quantitative estimate of drug-likeness (QED) is 0.907. The fraction of sp³-hybridized carbons (Fsp3) is 0.0714. The minimum Gasteiger partial charge on any atom is -0.478 e. The second kappa shape index (κ2) is 6.16. The van der Waals surface area contributed by atoms with Crippen LogP contribution in [-0.4, -0.2) is 22.0 Å². The number of aromatic nitrogens is 1. The summed E-state index contributed by atoms with van der Waals surface area (Å²) in [5, 5.41) is 12.0. The Labute approximate surface area is 120 Å². The maximum Gasteiger partial charge on any atom is 0.337 e. The van der Waals surface area contributed by atoms with Gasteiger partial charge in [-0.25, -0.2) is 4.79 Å². The van der Waals surface area contributed by atoms with E-state index < -0.39 is 5.97 Å². The average molecular weight is 291 g/mol. The highest BCUT2D eigenvalue weighted by molar-refractivity contribution is 6.31. The molecule has 0 fully saturated rings. The van der Waals surface area contributed by atoms with Crippen molar-refractivity contribution in [1.82, 2.24) is 4.98 Å². The van der Waals surface area contributed by atoms with E-state index in [1.165, 1.54) is 18.2 Å². The first-order valence-electron chi connectivity index (χ1n) is 5.78. The molecule has 5 nitrogen and oxygen atoms in total. The fourth-order valence-corrected chi connectivity index (χ4v) is 1.86. The van der Waals surface area contributed by atoms with E-state index in [1.54, 1.807) is 24.5 Å². The van der Waals surface area contributed by atoms with Gasteiger partial charge in [0.2, 0.25) is 5.91 Å². The van der Waals surface area contributed by atoms with Crippen LogP contribution in [0.4, 0.5) is 5.69 Å². The standard InChI is InChI=1S/C14H11ClN2O3/c15-10-1-2-11(14(19)20)12(8-10)17-13(18)7-9-3-5-16-6-4-9/h1-6,8H,7H2,(H,17,18)(H,19,20). The summed E-state index contributed by atoms with van der Waals surface area (Å²) in [5.74, 6) is -1.44. The first-order valence-corrected chi connectivity index (χ1v) is 6.15. The lowest BCUT2D eigenvalue weighted by Gasteiger charge is -2.09. The van der Waals surface area contributed by atoms with Gasteiger partial charge in [-0.2, -0.15) is 0 Å². The van der Waals surface area contributed by atoms with Crippen molar-refractivity contribution in [3.63, 3.8) is 0 Å². The number of rotatable bonds is 4. The number of carbonyl (C=O) groups is 2. The van der Waals surface area contributed by atoms with Gasteiger partial charge in [-0.15, -0.1) is 0 Å². The van der Waals surface area contributed by atoms with Crippen molar-refractivity contribution in [2.75, 3.05) is 5.32 Å². The molecule has 0 aliphatic carbocycles. The van der Waals surface area contributed by atoms with Crippen LogP contribution in [0, 0.1) is 0 Å². The molecule has 2 N–H and O–H groups in total. The van der Waals surface area contributed by atoms with Crippen LogP contribution in [0.1, 0.15) is 15.9 Å². The summed E-state index contributed by atoms with van der Waals surface area (Å²) < 4.78 is 0. The van der Waals surface area contributed by atoms with E-state index >= 15 is 0 Å². The molecule has 1 amide bonds. The Balaban J connectivity index is 2.15. The number of amides is 1. The maximum atomic E-state index is 11.9. The van der Waals surface area contributed by atoms with Crippen molar-refractivity contribution in [2.24, 2.45) is 0 Å². The predicted octanol–water partition coefficient (Wildman–Crippen LogP) is 2.61. The molecule has 0 aliphatic rings. The average Bonchev–Trinajstić information content (AvgIpc) is 2.39. The lowest BCUT2D eigenvalue weighted by Crippen LogP contribution is -2.16. The Morgan fingerprint density at radius 2 is 1.90 bits per heavy atom. The predicted molar refractivity (Wildman–Crippen MR) is 75.0 cm³/mol. The molecule has 20 heavy (non-hydrogen) atoms. The zero-order valence-corrected chi connectivity index (χ0v) is 11.1. The third-order valence-corrected chi connectivity index (χ3v) is 2.84. The topological polar surface area (TPSA) is 79.3 Å². The van der Waals surface area contributed by atoms with Crippen molar-refractivity contribution in [3.05, 3.63) is 58.9 Å². The normalized spacial score (nSPS) is 10.1. The summed E-state index contributed by atoms with van der Waals surface area (Å²) in [6.07, 6.45) is 3.31. The monoisotopic (exact) mass is 290 g/mol. The number of nitrogens with zero attached hydrogens (tertiary/aromatic N) is 1. The van der Waals surface area contributed by atoms with E-state index in [9.17, 15) is 9.59 Å². The number of hydrogen-bond acceptors (Lipinski definition) is 3. The van der Waals surface area contributed by atoms with E-state index in [-0.39, 0.29) is 23.6 Å². The number of aromatic carboxylic acids is 1. The molecular weight excluding hydrogens is 280 g/mol. The number of benzene rings is 1. The molecule has 1 heterocycles. The van der Waals surface area contributed by atoms with Crippen LogP contribution in [0.2, 0.25) is 5.02 Å². The largest absolute Gasteiger partial charge is 0.478 e. The Hall–Kier alpha value is -2.40. The highest BCUT2D eigenvalue weighted by atomic mass is 35.5. The summed E-state index contributed by atoms with van der Waals surface area (Å²) in [4.78, 5) is 26.8. The lowest BCUT2D eigenvalue weighted by atomic mass is 10.1. The molecule has 0 unspecified atom stereocenters. The molecular formula is C14H11ClN2O3. The van der Waals surface area contributed by atoms with E-state index in [0.717, 1.165) is 5.56 Å². The number of anilines is 1. The van der Waals surface area contributed by atoms with Gasteiger partial charge >= 0.3 is 5.97 Å². The molecule has 0 atom stereocenters. The van der Waals surface area contributed by atoms with Gasteiger partial charge in [-0.3, -0.25) is 9.78 Å². The lowest BCUT2D eigenvalue weighted by molar-refractivity contribution is -0.115. The van der Waals surface area contributed by atoms with Crippen LogP contribution < -0.4 is 5.32 Å². The molecule has 0 saturated heterocycles. The molecule has 2 rings (SSSR count). The van der Waals surface area contributed by atoms with Crippen LogP contribution in [0.15, 0.2) is 42.7 Å². The second-order valence-electron chi connectivity index (χ2n) is 4.08. The summed E-state index contributed by atoms with van der Waals surface area (Å²) in [5.41, 5.74) is 0.970. The molecule has 0 saturated carbocycles. The highest BCUT2D eigenvalue weighted by Crippen LogP contribution is 2.21. The number of pyridine rings is 1. The van der Waals surface area contributed by atoms with Gasteiger partial charge in [-0.05, 0) is 35.9 Å². The molecule has 1 aromatic carbocycles. The number of hydrogen-bond donors (Lipinski definition) is 2. The molecule has 0 radical (unpaired) electrons. The van der Waals surface area contributed by atoms with Gasteiger partial charge in [0.15, 0.2) is 0 Å². The van der Waals surface area contributed by atoms with Crippen molar-refractivity contribution in [1.29, 1.82) is 0 Å². The Morgan fingerprint density at radius 3 is 2.55 bits per heavy atom. The minimum absolute atomic E-state index is 0.00233. The molecule has 6 heteroatoms. The molecule has 102 valence electrons. The van der Waals surface area contributed by atoms with Crippen molar-refractivity contribution in [2.45, 2.75) is 6.42 Å². The Morgan fingerprint density at radius 1 is 1.20 bits per heavy atom. The van der Waals surface area contributed by atoms with E-state index in [1.807, 2.05) is 0 Å². The second-order valence-corrected chi connectivity index (χ2v) is 4.51. The minimum atomic E-state index is -1.12. The molecule has 0 spiro atoms. The summed E-state index contributed by atoms with van der Waals surface area (Å²) in [6, 6.07) is 7.66. The first-order chi connectivity index (χ1) is 9.56. The fourth-order valence-electron chi connectivity index (χ4n) is 1.69. The number of nitrogens with one attached hydrogen (secondary N) is 1. The van der Waals surface area contributed by atoms with Crippen LogP contribution in [0.25, 0.3) is 0 Å².